The summed E-state index contributed by atoms with van der Waals surface area (Å²) in [4.78, 5) is 15.7. The Morgan fingerprint density at radius 3 is 2.74 bits per heavy atom. The van der Waals surface area contributed by atoms with Crippen LogP contribution in [0.15, 0.2) is 48.8 Å². The molecule has 0 radical (unpaired) electrons. The predicted molar refractivity (Wildman–Crippen MR) is 133 cm³/mol. The van der Waals surface area contributed by atoms with Crippen molar-refractivity contribution in [3.8, 4) is 11.5 Å². The number of benzene rings is 1. The molecule has 3 aromatic rings. The Balaban J connectivity index is 1.34. The van der Waals surface area contributed by atoms with E-state index in [0.717, 1.165) is 48.7 Å². The summed E-state index contributed by atoms with van der Waals surface area (Å²) in [6.07, 6.45) is 8.05. The van der Waals surface area contributed by atoms with Gasteiger partial charge in [0.25, 0.3) is 0 Å². The van der Waals surface area contributed by atoms with Gasteiger partial charge >= 0.3 is 5.97 Å². The number of hydrogen-bond donors (Lipinski definition) is 2. The molecular weight excluding hydrogens is 444 g/mol. The predicted octanol–water partition coefficient (Wildman–Crippen LogP) is 5.80. The van der Waals surface area contributed by atoms with E-state index < -0.39 is 11.4 Å². The van der Waals surface area contributed by atoms with Gasteiger partial charge in [0.1, 0.15) is 17.3 Å². The van der Waals surface area contributed by atoms with E-state index in [4.69, 9.17) is 14.6 Å². The molecule has 1 saturated carbocycles. The summed E-state index contributed by atoms with van der Waals surface area (Å²) in [5.74, 6) is 1.67. The Bertz CT molecular complexity index is 1200. The third-order valence-electron chi connectivity index (χ3n) is 6.72. The van der Waals surface area contributed by atoms with Gasteiger partial charge in [-0.05, 0) is 49.4 Å². The Hall–Kier alpha value is -3.39. The molecule has 5 rings (SSSR count). The van der Waals surface area contributed by atoms with Crippen LogP contribution in [0.5, 0.6) is 11.5 Å². The van der Waals surface area contributed by atoms with Gasteiger partial charge in [-0.15, -0.1) is 0 Å². The first kappa shape index (κ1) is 23.4. The minimum Gasteiger partial charge on any atom is -0.481 e. The molecule has 35 heavy (non-hydrogen) atoms. The van der Waals surface area contributed by atoms with Crippen LogP contribution in [0.1, 0.15) is 69.2 Å². The van der Waals surface area contributed by atoms with E-state index >= 15 is 0 Å². The molecule has 1 aliphatic heterocycles. The molecular formula is C27H32N4O4. The first-order valence-electron chi connectivity index (χ1n) is 12.3. The monoisotopic (exact) mass is 476 g/mol. The van der Waals surface area contributed by atoms with Crippen molar-refractivity contribution in [2.24, 2.45) is 0 Å². The molecule has 0 spiro atoms. The number of rotatable bonds is 9. The molecule has 1 saturated heterocycles. The molecule has 1 aliphatic carbocycles. The van der Waals surface area contributed by atoms with Gasteiger partial charge in [-0.25, -0.2) is 4.98 Å². The van der Waals surface area contributed by atoms with Crippen molar-refractivity contribution in [2.75, 3.05) is 18.5 Å². The smallest absolute Gasteiger partial charge is 0.304 e. The van der Waals surface area contributed by atoms with Crippen LogP contribution in [0.25, 0.3) is 0 Å². The third kappa shape index (κ3) is 5.65. The summed E-state index contributed by atoms with van der Waals surface area (Å²) in [7, 11) is 0. The van der Waals surface area contributed by atoms with Gasteiger partial charge in [-0.3, -0.25) is 9.48 Å². The number of hydrogen-bond acceptors (Lipinski definition) is 6. The number of aliphatic carboxylic acids is 1. The summed E-state index contributed by atoms with van der Waals surface area (Å²) in [6.45, 7) is 5.38. The summed E-state index contributed by atoms with van der Waals surface area (Å²) < 4.78 is 14.0. The van der Waals surface area contributed by atoms with Gasteiger partial charge in [-0.2, -0.15) is 5.10 Å². The second kappa shape index (κ2) is 9.70. The summed E-state index contributed by atoms with van der Waals surface area (Å²) in [5.41, 5.74) is 2.32. The summed E-state index contributed by atoms with van der Waals surface area (Å²) in [5, 5.41) is 17.5. The summed E-state index contributed by atoms with van der Waals surface area (Å²) in [6, 6.07) is 12.0. The van der Waals surface area contributed by atoms with Gasteiger partial charge in [0.05, 0.1) is 18.7 Å². The maximum atomic E-state index is 11.3. The van der Waals surface area contributed by atoms with Crippen LogP contribution >= 0.6 is 0 Å². The van der Waals surface area contributed by atoms with Gasteiger partial charge in [0, 0.05) is 42.5 Å². The molecule has 184 valence electrons. The number of carboxylic acid groups (broad SMARTS) is 1. The number of aromatic nitrogens is 3. The topological polar surface area (TPSA) is 98.5 Å². The van der Waals surface area contributed by atoms with Crippen LogP contribution in [-0.4, -0.2) is 39.1 Å². The fourth-order valence-electron chi connectivity index (χ4n) is 4.56. The molecule has 3 heterocycles. The molecule has 2 aliphatic rings. The number of carbonyl (C=O) groups is 1. The Morgan fingerprint density at radius 1 is 1.20 bits per heavy atom. The van der Waals surface area contributed by atoms with Crippen LogP contribution in [0.2, 0.25) is 0 Å². The lowest BCUT2D eigenvalue weighted by Gasteiger charge is -2.23. The number of carboxylic acids is 1. The van der Waals surface area contributed by atoms with Crippen LogP contribution in [0.4, 0.5) is 11.5 Å². The standard InChI is InChI=1S/C27H32N4O4/c1-27(2,16-25(32)33)19-4-3-5-20(14-19)29-24-15-22(8-11-28-24)35-23-17-31(21-6-7-21)30-26(23)18-9-12-34-13-10-18/h3-5,8,11,14-15,17-18,21H,6-7,9-10,12-13,16H2,1-2H3,(H,28,29)(H,32,33). The molecule has 0 unspecified atom stereocenters. The van der Waals surface area contributed by atoms with Crippen molar-refractivity contribution < 1.29 is 19.4 Å². The lowest BCUT2D eigenvalue weighted by atomic mass is 9.81. The summed E-state index contributed by atoms with van der Waals surface area (Å²) >= 11 is 0. The maximum absolute atomic E-state index is 11.3. The molecule has 2 fully saturated rings. The minimum atomic E-state index is -0.815. The lowest BCUT2D eigenvalue weighted by molar-refractivity contribution is -0.138. The minimum absolute atomic E-state index is 0.0576. The zero-order valence-corrected chi connectivity index (χ0v) is 20.2. The average Bonchev–Trinajstić information content (AvgIpc) is 3.60. The van der Waals surface area contributed by atoms with Crippen LogP contribution in [0.3, 0.4) is 0 Å². The molecule has 2 aromatic heterocycles. The van der Waals surface area contributed by atoms with E-state index in [-0.39, 0.29) is 6.42 Å². The molecule has 0 amide bonds. The van der Waals surface area contributed by atoms with E-state index in [9.17, 15) is 9.90 Å². The van der Waals surface area contributed by atoms with Crippen LogP contribution < -0.4 is 10.1 Å². The highest BCUT2D eigenvalue weighted by Gasteiger charge is 2.30. The molecule has 8 nitrogen and oxygen atoms in total. The van der Waals surface area contributed by atoms with E-state index in [2.05, 4.69) is 15.0 Å². The highest BCUT2D eigenvalue weighted by molar-refractivity contribution is 5.69. The highest BCUT2D eigenvalue weighted by atomic mass is 16.5. The van der Waals surface area contributed by atoms with Gasteiger partial charge in [0.15, 0.2) is 5.75 Å². The van der Waals surface area contributed by atoms with E-state index in [1.807, 2.05) is 56.4 Å². The molecule has 0 atom stereocenters. The fourth-order valence-corrected chi connectivity index (χ4v) is 4.56. The maximum Gasteiger partial charge on any atom is 0.304 e. The Kier molecular flexibility index (Phi) is 6.47. The van der Waals surface area contributed by atoms with Crippen molar-refractivity contribution in [3.05, 3.63) is 60.0 Å². The average molecular weight is 477 g/mol. The van der Waals surface area contributed by atoms with Crippen molar-refractivity contribution in [2.45, 2.75) is 63.3 Å². The van der Waals surface area contributed by atoms with Crippen molar-refractivity contribution in [1.82, 2.24) is 14.8 Å². The van der Waals surface area contributed by atoms with Crippen molar-refractivity contribution in [1.29, 1.82) is 0 Å². The highest BCUT2D eigenvalue weighted by Crippen LogP contribution is 2.40. The number of anilines is 2. The van der Waals surface area contributed by atoms with Crippen molar-refractivity contribution in [3.63, 3.8) is 0 Å². The van der Waals surface area contributed by atoms with Gasteiger partial charge in [0.2, 0.25) is 0 Å². The zero-order valence-electron chi connectivity index (χ0n) is 20.2. The normalized spacial score (nSPS) is 16.7. The van der Waals surface area contributed by atoms with Crippen LogP contribution in [-0.2, 0) is 14.9 Å². The van der Waals surface area contributed by atoms with E-state index in [1.54, 1.807) is 6.20 Å². The second-order valence-electron chi connectivity index (χ2n) is 10.1. The van der Waals surface area contributed by atoms with Gasteiger partial charge in [-0.1, -0.05) is 26.0 Å². The third-order valence-corrected chi connectivity index (χ3v) is 6.72. The second-order valence-corrected chi connectivity index (χ2v) is 10.1. The number of nitrogens with one attached hydrogen (secondary N) is 1. The lowest BCUT2D eigenvalue weighted by Crippen LogP contribution is -2.21. The molecule has 2 N–H and O–H groups in total. The van der Waals surface area contributed by atoms with E-state index in [1.165, 1.54) is 12.8 Å². The largest absolute Gasteiger partial charge is 0.481 e. The SMILES string of the molecule is CC(C)(CC(=O)O)c1cccc(Nc2cc(Oc3cn(C4CC4)nc3C3CCOCC3)ccn2)c1. The number of pyridine rings is 1. The Labute approximate surface area is 205 Å². The van der Waals surface area contributed by atoms with Crippen LogP contribution in [0, 0.1) is 0 Å². The fraction of sp³-hybridized carbons (Fsp3) is 0.444. The first-order chi connectivity index (χ1) is 16.9. The first-order valence-corrected chi connectivity index (χ1v) is 12.3. The molecule has 1 aromatic carbocycles. The Morgan fingerprint density at radius 2 is 2.00 bits per heavy atom. The molecule has 8 heteroatoms. The quantitative estimate of drug-likeness (QED) is 0.403. The van der Waals surface area contributed by atoms with Crippen molar-refractivity contribution >= 4 is 17.5 Å². The molecule has 0 bridgehead atoms. The zero-order chi connectivity index (χ0) is 24.4. The van der Waals surface area contributed by atoms with E-state index in [0.29, 0.717) is 23.5 Å². The van der Waals surface area contributed by atoms with Gasteiger partial charge < -0.3 is 19.9 Å². The number of nitrogens with zero attached hydrogens (tertiary/aromatic N) is 3. The number of ether oxygens (including phenoxy) is 2.